The molecule has 2 aromatic heterocycles. The molecule has 9 nitrogen and oxygen atoms in total. The highest BCUT2D eigenvalue weighted by molar-refractivity contribution is 5.88. The second kappa shape index (κ2) is 10.5. The monoisotopic (exact) mass is 504 g/mol. The number of phenols is 1. The van der Waals surface area contributed by atoms with E-state index in [-0.39, 0.29) is 23.6 Å². The number of piperidine rings is 2. The highest BCUT2D eigenvalue weighted by Gasteiger charge is 2.48. The van der Waals surface area contributed by atoms with Gasteiger partial charge >= 0.3 is 0 Å². The number of carbonyl (C=O) groups excluding carboxylic acids is 1. The highest BCUT2D eigenvalue weighted by Crippen LogP contribution is 2.40. The maximum Gasteiger partial charge on any atom is 0.235 e. The summed E-state index contributed by atoms with van der Waals surface area (Å²) < 4.78 is 5.68. The molecule has 1 amide bonds. The lowest BCUT2D eigenvalue weighted by Crippen LogP contribution is -2.55. The predicted octanol–water partition coefficient (Wildman–Crippen LogP) is 3.71. The van der Waals surface area contributed by atoms with Gasteiger partial charge in [0.2, 0.25) is 5.91 Å². The lowest BCUT2D eigenvalue weighted by atomic mass is 9.73. The van der Waals surface area contributed by atoms with Gasteiger partial charge in [0, 0.05) is 43.7 Å². The van der Waals surface area contributed by atoms with Crippen LogP contribution in [0, 0.1) is 0 Å². The zero-order valence-electron chi connectivity index (χ0n) is 21.9. The fourth-order valence-corrected chi connectivity index (χ4v) is 5.56. The van der Waals surface area contributed by atoms with E-state index in [0.29, 0.717) is 37.2 Å². The van der Waals surface area contributed by atoms with Crippen molar-refractivity contribution in [3.63, 3.8) is 0 Å². The van der Waals surface area contributed by atoms with Gasteiger partial charge in [0.25, 0.3) is 0 Å². The molecule has 0 radical (unpaired) electrons. The molecular weight excluding hydrogens is 468 g/mol. The first kappa shape index (κ1) is 25.2. The van der Waals surface area contributed by atoms with Gasteiger partial charge in [-0.2, -0.15) is 10.2 Å². The number of amides is 1. The van der Waals surface area contributed by atoms with E-state index in [1.807, 2.05) is 36.2 Å². The number of carbonyl (C=O) groups is 1. The Bertz CT molecular complexity index is 1230. The van der Waals surface area contributed by atoms with E-state index in [0.717, 1.165) is 43.1 Å². The summed E-state index contributed by atoms with van der Waals surface area (Å²) in [6.45, 7) is 7.34. The third-order valence-corrected chi connectivity index (χ3v) is 7.98. The molecule has 0 spiro atoms. The molecule has 2 saturated heterocycles. The second-order valence-corrected chi connectivity index (χ2v) is 10.6. The largest absolute Gasteiger partial charge is 0.507 e. The van der Waals surface area contributed by atoms with Gasteiger partial charge in [-0.25, -0.2) is 0 Å². The van der Waals surface area contributed by atoms with Crippen LogP contribution < -0.4 is 10.2 Å². The summed E-state index contributed by atoms with van der Waals surface area (Å²) in [5.41, 5.74) is 2.19. The van der Waals surface area contributed by atoms with Crippen molar-refractivity contribution in [2.24, 2.45) is 0 Å². The molecule has 0 saturated carbocycles. The summed E-state index contributed by atoms with van der Waals surface area (Å²) >= 11 is 0. The van der Waals surface area contributed by atoms with Crippen molar-refractivity contribution in [3.05, 3.63) is 54.0 Å². The van der Waals surface area contributed by atoms with E-state index >= 15 is 0 Å². The predicted molar refractivity (Wildman–Crippen MR) is 142 cm³/mol. The number of likely N-dealkylation sites (N-methyl/N-ethyl adjacent to an activating group) is 1. The number of anilines is 1. The molecule has 2 N–H and O–H groups in total. The van der Waals surface area contributed by atoms with Crippen LogP contribution in [0.25, 0.3) is 11.3 Å². The number of aromatic nitrogens is 3. The standard InChI is InChI=1S/C28H36N6O3/c1-19(2)25-17-26(32-37-25)28(27(36)33(3)20-8-12-29-13-9-20)10-14-34(15-11-28)21-16-23(31-30-18-21)22-6-4-5-7-24(22)35/h4-7,16-20,29,35H,8-15H2,1-3H3. The molecule has 0 bridgehead atoms. The number of rotatable bonds is 6. The first-order valence-corrected chi connectivity index (χ1v) is 13.2. The van der Waals surface area contributed by atoms with Gasteiger partial charge in [-0.1, -0.05) is 31.1 Å². The lowest BCUT2D eigenvalue weighted by molar-refractivity contribution is -0.140. The van der Waals surface area contributed by atoms with Gasteiger partial charge in [0.1, 0.15) is 11.5 Å². The molecule has 37 heavy (non-hydrogen) atoms. The van der Waals surface area contributed by atoms with Crippen LogP contribution in [0.3, 0.4) is 0 Å². The van der Waals surface area contributed by atoms with Crippen LogP contribution >= 0.6 is 0 Å². The summed E-state index contributed by atoms with van der Waals surface area (Å²) in [4.78, 5) is 18.4. The molecule has 2 aliphatic heterocycles. The summed E-state index contributed by atoms with van der Waals surface area (Å²) in [5.74, 6) is 1.31. The number of hydrogen-bond donors (Lipinski definition) is 2. The molecule has 2 fully saturated rings. The average Bonchev–Trinajstić information content (AvgIpc) is 3.45. The van der Waals surface area contributed by atoms with E-state index in [9.17, 15) is 9.90 Å². The van der Waals surface area contributed by atoms with Crippen molar-refractivity contribution in [3.8, 4) is 17.0 Å². The van der Waals surface area contributed by atoms with E-state index in [1.165, 1.54) is 0 Å². The Morgan fingerprint density at radius 1 is 1.19 bits per heavy atom. The van der Waals surface area contributed by atoms with E-state index in [2.05, 4.69) is 39.4 Å². The molecule has 4 heterocycles. The molecule has 1 aromatic carbocycles. The minimum absolute atomic E-state index is 0.130. The van der Waals surface area contributed by atoms with Gasteiger partial charge in [0.15, 0.2) is 0 Å². The second-order valence-electron chi connectivity index (χ2n) is 10.6. The van der Waals surface area contributed by atoms with E-state index < -0.39 is 5.41 Å². The topological polar surface area (TPSA) is 108 Å². The van der Waals surface area contributed by atoms with Gasteiger partial charge in [-0.15, -0.1) is 0 Å². The van der Waals surface area contributed by atoms with Gasteiger partial charge in [0.05, 0.1) is 28.7 Å². The van der Waals surface area contributed by atoms with Crippen molar-refractivity contribution < 1.29 is 14.4 Å². The number of aromatic hydroxyl groups is 1. The first-order valence-electron chi connectivity index (χ1n) is 13.2. The van der Waals surface area contributed by atoms with Crippen LogP contribution in [0.2, 0.25) is 0 Å². The highest BCUT2D eigenvalue weighted by atomic mass is 16.5. The van der Waals surface area contributed by atoms with Crippen molar-refractivity contribution in [2.45, 2.75) is 56.9 Å². The molecule has 5 rings (SSSR count). The summed E-state index contributed by atoms with van der Waals surface area (Å²) in [5, 5.41) is 26.6. The summed E-state index contributed by atoms with van der Waals surface area (Å²) in [6, 6.07) is 11.3. The maximum atomic E-state index is 14.2. The van der Waals surface area contributed by atoms with Crippen LogP contribution in [-0.4, -0.2) is 70.5 Å². The van der Waals surface area contributed by atoms with E-state index in [4.69, 9.17) is 4.52 Å². The third kappa shape index (κ3) is 4.92. The number of hydrogen-bond acceptors (Lipinski definition) is 8. The molecule has 0 unspecified atom stereocenters. The Morgan fingerprint density at radius 3 is 2.59 bits per heavy atom. The quantitative estimate of drug-likeness (QED) is 0.523. The molecular formula is C28H36N6O3. The Morgan fingerprint density at radius 2 is 1.92 bits per heavy atom. The molecule has 0 aliphatic carbocycles. The van der Waals surface area contributed by atoms with Crippen LogP contribution in [-0.2, 0) is 10.2 Å². The zero-order valence-corrected chi connectivity index (χ0v) is 21.9. The van der Waals surface area contributed by atoms with Crippen molar-refractivity contribution >= 4 is 11.6 Å². The van der Waals surface area contributed by atoms with Crippen LogP contribution in [0.4, 0.5) is 5.69 Å². The Kier molecular flexibility index (Phi) is 7.15. The van der Waals surface area contributed by atoms with Gasteiger partial charge in [-0.05, 0) is 57.0 Å². The first-order chi connectivity index (χ1) is 17.9. The number of nitrogens with one attached hydrogen (secondary N) is 1. The average molecular weight is 505 g/mol. The summed E-state index contributed by atoms with van der Waals surface area (Å²) in [7, 11) is 1.95. The Balaban J connectivity index is 1.41. The van der Waals surface area contributed by atoms with Gasteiger partial charge in [-0.3, -0.25) is 4.79 Å². The minimum Gasteiger partial charge on any atom is -0.507 e. The van der Waals surface area contributed by atoms with Crippen LogP contribution in [0.1, 0.15) is 56.9 Å². The molecule has 0 atom stereocenters. The van der Waals surface area contributed by atoms with Crippen LogP contribution in [0.15, 0.2) is 47.1 Å². The number of nitrogens with zero attached hydrogens (tertiary/aromatic N) is 5. The lowest BCUT2D eigenvalue weighted by Gasteiger charge is -2.44. The SMILES string of the molecule is CC(C)c1cc(C2(C(=O)N(C)C3CCNCC3)CCN(c3cnnc(-c4ccccc4O)c3)CC2)no1. The number of para-hydroxylation sites is 1. The van der Waals surface area contributed by atoms with Crippen LogP contribution in [0.5, 0.6) is 5.75 Å². The fraction of sp³-hybridized carbons (Fsp3) is 0.500. The summed E-state index contributed by atoms with van der Waals surface area (Å²) in [6.07, 6.45) is 4.90. The van der Waals surface area contributed by atoms with Gasteiger partial charge < -0.3 is 24.7 Å². The molecule has 9 heteroatoms. The Labute approximate surface area is 217 Å². The number of phenolic OH excluding ortho intramolecular Hbond substituents is 1. The molecule has 3 aromatic rings. The zero-order chi connectivity index (χ0) is 26.0. The van der Waals surface area contributed by atoms with Crippen molar-refractivity contribution in [2.75, 3.05) is 38.1 Å². The van der Waals surface area contributed by atoms with Crippen molar-refractivity contribution in [1.29, 1.82) is 0 Å². The van der Waals surface area contributed by atoms with Crippen molar-refractivity contribution in [1.82, 2.24) is 25.6 Å². The van der Waals surface area contributed by atoms with E-state index in [1.54, 1.807) is 18.3 Å². The Hall–Kier alpha value is -3.46. The smallest absolute Gasteiger partial charge is 0.235 e. The maximum absolute atomic E-state index is 14.2. The third-order valence-electron chi connectivity index (χ3n) is 7.98. The molecule has 196 valence electrons. The fourth-order valence-electron chi connectivity index (χ4n) is 5.56. The minimum atomic E-state index is -0.728. The number of benzene rings is 1. The normalized spacial score (nSPS) is 18.2. The molecule has 2 aliphatic rings.